The molecule has 2 heterocycles. The van der Waals surface area contributed by atoms with E-state index in [4.69, 9.17) is 4.52 Å². The Hall–Kier alpha value is -2.39. The Morgan fingerprint density at radius 2 is 2.12 bits per heavy atom. The van der Waals surface area contributed by atoms with Crippen molar-refractivity contribution in [2.75, 3.05) is 0 Å². The third kappa shape index (κ3) is 3.74. The van der Waals surface area contributed by atoms with Crippen LogP contribution in [0.15, 0.2) is 10.7 Å². The molecule has 2 rings (SSSR count). The van der Waals surface area contributed by atoms with Gasteiger partial charge in [0.2, 0.25) is 17.6 Å². The molecular formula is C14H18F3N5O2. The summed E-state index contributed by atoms with van der Waals surface area (Å²) in [7, 11) is 1.37. The summed E-state index contributed by atoms with van der Waals surface area (Å²) in [5.74, 6) is -0.480. The highest BCUT2D eigenvalue weighted by molar-refractivity contribution is 5.73. The SMILES string of the molecule is CC[C@H](C)[C@H](NC(C)=O)c1nc(-c2cn(C)nc2C(F)(F)F)no1. The third-order valence-electron chi connectivity index (χ3n) is 3.62. The van der Waals surface area contributed by atoms with Gasteiger partial charge >= 0.3 is 6.18 Å². The lowest BCUT2D eigenvalue weighted by molar-refractivity contribution is -0.141. The van der Waals surface area contributed by atoms with Crippen LogP contribution in [0.25, 0.3) is 11.4 Å². The number of halogens is 3. The number of alkyl halides is 3. The predicted octanol–water partition coefficient (Wildman–Crippen LogP) is 2.71. The smallest absolute Gasteiger partial charge is 0.344 e. The van der Waals surface area contributed by atoms with Gasteiger partial charge in [-0.3, -0.25) is 9.48 Å². The van der Waals surface area contributed by atoms with Crippen molar-refractivity contribution >= 4 is 5.91 Å². The first-order valence-electron chi connectivity index (χ1n) is 7.35. The topological polar surface area (TPSA) is 85.8 Å². The van der Waals surface area contributed by atoms with Crippen molar-refractivity contribution in [2.45, 2.75) is 39.4 Å². The van der Waals surface area contributed by atoms with Crippen LogP contribution in [0.3, 0.4) is 0 Å². The molecule has 1 N–H and O–H groups in total. The van der Waals surface area contributed by atoms with Crippen LogP contribution >= 0.6 is 0 Å². The zero-order chi connectivity index (χ0) is 18.1. The van der Waals surface area contributed by atoms with Crippen LogP contribution in [0.5, 0.6) is 0 Å². The van der Waals surface area contributed by atoms with Crippen LogP contribution in [0.2, 0.25) is 0 Å². The molecule has 0 fully saturated rings. The molecule has 132 valence electrons. The van der Waals surface area contributed by atoms with Gasteiger partial charge in [-0.05, 0) is 5.92 Å². The van der Waals surface area contributed by atoms with Gasteiger partial charge in [0.25, 0.3) is 0 Å². The van der Waals surface area contributed by atoms with Gasteiger partial charge in [-0.15, -0.1) is 0 Å². The summed E-state index contributed by atoms with van der Waals surface area (Å²) in [5.41, 5.74) is -1.36. The predicted molar refractivity (Wildman–Crippen MR) is 77.5 cm³/mol. The van der Waals surface area contributed by atoms with E-state index in [2.05, 4.69) is 20.6 Å². The second-order valence-corrected chi connectivity index (χ2v) is 5.58. The van der Waals surface area contributed by atoms with Crippen molar-refractivity contribution in [3.05, 3.63) is 17.8 Å². The van der Waals surface area contributed by atoms with E-state index in [9.17, 15) is 18.0 Å². The molecule has 2 aromatic rings. The van der Waals surface area contributed by atoms with E-state index in [1.54, 1.807) is 0 Å². The highest BCUT2D eigenvalue weighted by atomic mass is 19.4. The molecule has 2 atom stereocenters. The van der Waals surface area contributed by atoms with Crippen molar-refractivity contribution in [1.29, 1.82) is 0 Å². The van der Waals surface area contributed by atoms with E-state index >= 15 is 0 Å². The molecule has 0 bridgehead atoms. The van der Waals surface area contributed by atoms with E-state index in [-0.39, 0.29) is 29.1 Å². The molecule has 10 heteroatoms. The number of amides is 1. The lowest BCUT2D eigenvalue weighted by Gasteiger charge is -2.19. The van der Waals surface area contributed by atoms with E-state index < -0.39 is 17.9 Å². The standard InChI is InChI=1S/C14H18F3N5O2/c1-5-7(2)10(18-8(3)23)13-19-12(21-24-13)9-6-22(4)20-11(9)14(15,16)17/h6-7,10H,5H2,1-4H3,(H,18,23)/t7-,10-/m0/s1. The molecule has 0 saturated heterocycles. The average Bonchev–Trinajstić information content (AvgIpc) is 3.09. The summed E-state index contributed by atoms with van der Waals surface area (Å²) >= 11 is 0. The van der Waals surface area contributed by atoms with Gasteiger partial charge in [0.1, 0.15) is 6.04 Å². The number of aromatic nitrogens is 4. The molecule has 0 saturated carbocycles. The van der Waals surface area contributed by atoms with E-state index in [0.717, 1.165) is 4.68 Å². The summed E-state index contributed by atoms with van der Waals surface area (Å²) in [6.45, 7) is 5.13. The lowest BCUT2D eigenvalue weighted by Crippen LogP contribution is -2.30. The Labute approximate surface area is 136 Å². The average molecular weight is 345 g/mol. The molecule has 2 aromatic heterocycles. The van der Waals surface area contributed by atoms with Crippen molar-refractivity contribution in [1.82, 2.24) is 25.2 Å². The van der Waals surface area contributed by atoms with Crippen LogP contribution in [-0.2, 0) is 18.0 Å². The van der Waals surface area contributed by atoms with Crippen molar-refractivity contribution < 1.29 is 22.5 Å². The van der Waals surface area contributed by atoms with Gasteiger partial charge in [-0.2, -0.15) is 23.3 Å². The molecule has 0 aliphatic carbocycles. The highest BCUT2D eigenvalue weighted by Gasteiger charge is 2.39. The van der Waals surface area contributed by atoms with E-state index in [1.165, 1.54) is 20.2 Å². The number of hydrogen-bond donors (Lipinski definition) is 1. The number of nitrogens with one attached hydrogen (secondary N) is 1. The van der Waals surface area contributed by atoms with Crippen molar-refractivity contribution in [2.24, 2.45) is 13.0 Å². The molecule has 1 amide bonds. The van der Waals surface area contributed by atoms with Crippen molar-refractivity contribution in [3.63, 3.8) is 0 Å². The second kappa shape index (κ2) is 6.62. The number of nitrogens with zero attached hydrogens (tertiary/aromatic N) is 4. The van der Waals surface area contributed by atoms with Gasteiger partial charge in [0.05, 0.1) is 5.56 Å². The maximum atomic E-state index is 13.0. The Balaban J connectivity index is 2.41. The van der Waals surface area contributed by atoms with Crippen LogP contribution in [-0.4, -0.2) is 25.8 Å². The minimum atomic E-state index is -4.63. The zero-order valence-corrected chi connectivity index (χ0v) is 13.7. The van der Waals surface area contributed by atoms with Gasteiger partial charge in [0, 0.05) is 20.2 Å². The fraction of sp³-hybridized carbons (Fsp3) is 0.571. The Morgan fingerprint density at radius 1 is 1.46 bits per heavy atom. The zero-order valence-electron chi connectivity index (χ0n) is 13.7. The number of hydrogen-bond acceptors (Lipinski definition) is 5. The normalized spacial score (nSPS) is 14.5. The Bertz CT molecular complexity index is 722. The molecule has 7 nitrogen and oxygen atoms in total. The summed E-state index contributed by atoms with van der Waals surface area (Å²) in [6, 6.07) is -0.570. The number of carbonyl (C=O) groups is 1. The molecule has 0 aliphatic rings. The fourth-order valence-electron chi connectivity index (χ4n) is 2.23. The number of carbonyl (C=O) groups excluding carboxylic acids is 1. The van der Waals surface area contributed by atoms with Gasteiger partial charge in [0.15, 0.2) is 5.69 Å². The summed E-state index contributed by atoms with van der Waals surface area (Å²) in [6.07, 6.45) is -2.75. The minimum absolute atomic E-state index is 0.0295. The summed E-state index contributed by atoms with van der Waals surface area (Å²) < 4.78 is 45.3. The molecule has 0 aromatic carbocycles. The largest absolute Gasteiger partial charge is 0.435 e. The first-order valence-corrected chi connectivity index (χ1v) is 7.35. The van der Waals surface area contributed by atoms with Gasteiger partial charge in [-0.1, -0.05) is 25.4 Å². The molecule has 0 aliphatic heterocycles. The summed E-state index contributed by atoms with van der Waals surface area (Å²) in [4.78, 5) is 15.4. The molecule has 24 heavy (non-hydrogen) atoms. The quantitative estimate of drug-likeness (QED) is 0.900. The third-order valence-corrected chi connectivity index (χ3v) is 3.62. The molecule has 0 radical (unpaired) electrons. The van der Waals surface area contributed by atoms with Crippen LogP contribution in [0, 0.1) is 5.92 Å². The van der Waals surface area contributed by atoms with E-state index in [1.807, 2.05) is 13.8 Å². The summed E-state index contributed by atoms with van der Waals surface area (Å²) in [5, 5.41) is 9.72. The monoisotopic (exact) mass is 345 g/mol. The fourth-order valence-corrected chi connectivity index (χ4v) is 2.23. The molecular weight excluding hydrogens is 327 g/mol. The number of aryl methyl sites for hydroxylation is 1. The lowest BCUT2D eigenvalue weighted by atomic mass is 9.99. The number of rotatable bonds is 5. The van der Waals surface area contributed by atoms with Gasteiger partial charge in [-0.25, -0.2) is 0 Å². The Kier molecular flexibility index (Phi) is 4.95. The van der Waals surface area contributed by atoms with Crippen LogP contribution in [0.4, 0.5) is 13.2 Å². The minimum Gasteiger partial charge on any atom is -0.344 e. The van der Waals surface area contributed by atoms with Crippen molar-refractivity contribution in [3.8, 4) is 11.4 Å². The van der Waals surface area contributed by atoms with E-state index in [0.29, 0.717) is 6.42 Å². The first-order chi connectivity index (χ1) is 11.1. The first kappa shape index (κ1) is 18.0. The molecule has 0 unspecified atom stereocenters. The second-order valence-electron chi connectivity index (χ2n) is 5.58. The molecule has 0 spiro atoms. The van der Waals surface area contributed by atoms with Crippen LogP contribution < -0.4 is 5.32 Å². The highest BCUT2D eigenvalue weighted by Crippen LogP contribution is 2.35. The maximum Gasteiger partial charge on any atom is 0.435 e. The Morgan fingerprint density at radius 3 is 2.67 bits per heavy atom. The maximum absolute atomic E-state index is 13.0. The van der Waals surface area contributed by atoms with Gasteiger partial charge < -0.3 is 9.84 Å². The van der Waals surface area contributed by atoms with Crippen LogP contribution in [0.1, 0.15) is 44.8 Å².